The van der Waals surface area contributed by atoms with Crippen molar-refractivity contribution in [2.24, 2.45) is 0 Å². The molecule has 0 radical (unpaired) electrons. The molecule has 0 aliphatic carbocycles. The van der Waals surface area contributed by atoms with Crippen LogP contribution in [0, 0.1) is 0 Å². The molecule has 0 aliphatic heterocycles. The van der Waals surface area contributed by atoms with Gasteiger partial charge in [0.1, 0.15) is 0 Å². The number of hydrogen-bond acceptors (Lipinski definition) is 2. The van der Waals surface area contributed by atoms with Gasteiger partial charge in [-0.2, -0.15) is 0 Å². The fourth-order valence-corrected chi connectivity index (χ4v) is 2.33. The molecule has 0 heterocycles. The van der Waals surface area contributed by atoms with Gasteiger partial charge in [-0.25, -0.2) is 0 Å². The second kappa shape index (κ2) is 5.42. The van der Waals surface area contributed by atoms with Crippen LogP contribution in [0.2, 0.25) is 5.32 Å². The standard InChI is InChI=1S/C9H9NO3Se/c11-8(10-9(12)13)6-14-7-4-2-1-3-5-7/h1-5H,6H2,(H,10,11)(H,12,13). The Hall–Kier alpha value is -1.32. The number of hydrogen-bond donors (Lipinski definition) is 2. The second-order valence-electron chi connectivity index (χ2n) is 2.46. The fourth-order valence-electron chi connectivity index (χ4n) is 0.821. The van der Waals surface area contributed by atoms with Crippen molar-refractivity contribution in [3.63, 3.8) is 0 Å². The number of carboxylic acid groups (broad SMARTS) is 1. The average molecular weight is 258 g/mol. The first kappa shape index (κ1) is 10.8. The molecule has 0 fully saturated rings. The maximum atomic E-state index is 11.0. The van der Waals surface area contributed by atoms with E-state index >= 15 is 0 Å². The normalized spacial score (nSPS) is 9.43. The van der Waals surface area contributed by atoms with Gasteiger partial charge in [-0.1, -0.05) is 0 Å². The topological polar surface area (TPSA) is 66.4 Å². The third-order valence-electron chi connectivity index (χ3n) is 1.36. The molecule has 74 valence electrons. The van der Waals surface area contributed by atoms with Crippen LogP contribution in [0.5, 0.6) is 0 Å². The molecule has 0 bridgehead atoms. The van der Waals surface area contributed by atoms with Crippen LogP contribution in [0.3, 0.4) is 0 Å². The predicted molar refractivity (Wildman–Crippen MR) is 52.8 cm³/mol. The third kappa shape index (κ3) is 4.07. The first-order valence-electron chi connectivity index (χ1n) is 3.89. The van der Waals surface area contributed by atoms with E-state index in [0.29, 0.717) is 0 Å². The quantitative estimate of drug-likeness (QED) is 0.763. The first-order valence-corrected chi connectivity index (χ1v) is 5.96. The van der Waals surface area contributed by atoms with Crippen molar-refractivity contribution in [2.75, 3.05) is 0 Å². The molecule has 0 saturated carbocycles. The van der Waals surface area contributed by atoms with E-state index in [1.54, 1.807) is 5.32 Å². The van der Waals surface area contributed by atoms with E-state index in [-0.39, 0.29) is 20.3 Å². The van der Waals surface area contributed by atoms with E-state index in [0.717, 1.165) is 4.46 Å². The molecular formula is C9H9NO3Se. The van der Waals surface area contributed by atoms with Crippen LogP contribution in [0.15, 0.2) is 30.3 Å². The Balaban J connectivity index is 2.34. The number of rotatable bonds is 3. The maximum absolute atomic E-state index is 11.0. The van der Waals surface area contributed by atoms with Gasteiger partial charge < -0.3 is 0 Å². The fraction of sp³-hybridized carbons (Fsp3) is 0.111. The molecule has 5 heteroatoms. The van der Waals surface area contributed by atoms with Crippen molar-refractivity contribution in [3.05, 3.63) is 30.3 Å². The number of carbonyl (C=O) groups is 2. The number of amides is 2. The summed E-state index contributed by atoms with van der Waals surface area (Å²) in [7, 11) is 0. The van der Waals surface area contributed by atoms with Gasteiger partial charge in [0, 0.05) is 0 Å². The third-order valence-corrected chi connectivity index (χ3v) is 3.48. The van der Waals surface area contributed by atoms with Gasteiger partial charge in [-0.3, -0.25) is 0 Å². The molecule has 2 amide bonds. The van der Waals surface area contributed by atoms with Gasteiger partial charge in [0.05, 0.1) is 0 Å². The summed E-state index contributed by atoms with van der Waals surface area (Å²) in [5.41, 5.74) is 0. The molecule has 0 spiro atoms. The SMILES string of the molecule is O=C(O)NC(=O)C[Se]c1ccccc1. The Morgan fingerprint density at radius 2 is 1.93 bits per heavy atom. The minimum absolute atomic E-state index is 0.000787. The van der Waals surface area contributed by atoms with Gasteiger partial charge in [0.15, 0.2) is 0 Å². The van der Waals surface area contributed by atoms with E-state index in [2.05, 4.69) is 0 Å². The van der Waals surface area contributed by atoms with Gasteiger partial charge in [-0.15, -0.1) is 0 Å². The number of benzene rings is 1. The molecule has 2 N–H and O–H groups in total. The molecule has 0 aromatic heterocycles. The number of imide groups is 1. The van der Waals surface area contributed by atoms with Crippen LogP contribution in [0.25, 0.3) is 0 Å². The van der Waals surface area contributed by atoms with Crippen LogP contribution < -0.4 is 9.78 Å². The Morgan fingerprint density at radius 1 is 1.29 bits per heavy atom. The molecule has 4 nitrogen and oxygen atoms in total. The zero-order valence-electron chi connectivity index (χ0n) is 7.27. The summed E-state index contributed by atoms with van der Waals surface area (Å²) in [6, 6.07) is 9.54. The summed E-state index contributed by atoms with van der Waals surface area (Å²) in [4.78, 5) is 21.0. The van der Waals surface area contributed by atoms with E-state index < -0.39 is 12.0 Å². The zero-order valence-corrected chi connectivity index (χ0v) is 8.98. The molecular weight excluding hydrogens is 249 g/mol. The van der Waals surface area contributed by atoms with E-state index in [1.807, 2.05) is 30.3 Å². The number of carbonyl (C=O) groups excluding carboxylic acids is 1. The summed E-state index contributed by atoms with van der Waals surface area (Å²) >= 11 is 0.000787. The van der Waals surface area contributed by atoms with Gasteiger partial charge in [0.25, 0.3) is 0 Å². The first-order chi connectivity index (χ1) is 6.68. The van der Waals surface area contributed by atoms with Crippen molar-refractivity contribution >= 4 is 31.4 Å². The Labute approximate surface area is 87.5 Å². The van der Waals surface area contributed by atoms with Crippen LogP contribution in [0.1, 0.15) is 0 Å². The van der Waals surface area contributed by atoms with Crippen molar-refractivity contribution in [3.8, 4) is 0 Å². The summed E-state index contributed by atoms with van der Waals surface area (Å²) in [5.74, 6) is -0.443. The van der Waals surface area contributed by atoms with E-state index in [9.17, 15) is 9.59 Å². The van der Waals surface area contributed by atoms with Crippen LogP contribution in [-0.4, -0.2) is 32.1 Å². The van der Waals surface area contributed by atoms with Gasteiger partial charge in [-0.05, 0) is 0 Å². The van der Waals surface area contributed by atoms with Gasteiger partial charge in [0.2, 0.25) is 0 Å². The van der Waals surface area contributed by atoms with Crippen molar-refractivity contribution in [2.45, 2.75) is 5.32 Å². The Morgan fingerprint density at radius 3 is 2.50 bits per heavy atom. The monoisotopic (exact) mass is 259 g/mol. The van der Waals surface area contributed by atoms with Crippen LogP contribution in [0.4, 0.5) is 4.79 Å². The van der Waals surface area contributed by atoms with Crippen LogP contribution in [-0.2, 0) is 4.79 Å². The average Bonchev–Trinajstić information content (AvgIpc) is 2.15. The van der Waals surface area contributed by atoms with Crippen molar-refractivity contribution in [1.29, 1.82) is 0 Å². The van der Waals surface area contributed by atoms with Crippen molar-refractivity contribution in [1.82, 2.24) is 5.32 Å². The Kier molecular flexibility index (Phi) is 4.16. The molecule has 0 atom stereocenters. The molecule has 0 unspecified atom stereocenters. The minimum atomic E-state index is -1.29. The second-order valence-corrected chi connectivity index (χ2v) is 4.66. The summed E-state index contributed by atoms with van der Waals surface area (Å²) in [5, 5.41) is 10.3. The Bertz CT molecular complexity index is 326. The summed E-state index contributed by atoms with van der Waals surface area (Å²) in [6.07, 6.45) is -1.29. The summed E-state index contributed by atoms with van der Waals surface area (Å²) < 4.78 is 1.08. The summed E-state index contributed by atoms with van der Waals surface area (Å²) in [6.45, 7) is 0. The predicted octanol–water partition coefficient (Wildman–Crippen LogP) is 0.229. The molecule has 0 aliphatic rings. The molecule has 1 aromatic carbocycles. The van der Waals surface area contributed by atoms with Crippen LogP contribution >= 0.6 is 0 Å². The zero-order chi connectivity index (χ0) is 10.4. The van der Waals surface area contributed by atoms with Gasteiger partial charge >= 0.3 is 87.1 Å². The van der Waals surface area contributed by atoms with Crippen molar-refractivity contribution < 1.29 is 14.7 Å². The molecule has 1 rings (SSSR count). The number of nitrogens with one attached hydrogen (secondary N) is 1. The molecule has 14 heavy (non-hydrogen) atoms. The molecule has 0 saturated heterocycles. The van der Waals surface area contributed by atoms with E-state index in [1.165, 1.54) is 0 Å². The van der Waals surface area contributed by atoms with E-state index in [4.69, 9.17) is 5.11 Å². The molecule has 1 aromatic rings.